The Balaban J connectivity index is 2.74. The van der Waals surface area contributed by atoms with Gasteiger partial charge in [-0.1, -0.05) is 26.0 Å². The Morgan fingerprint density at radius 2 is 1.90 bits per heavy atom. The molecule has 2 rings (SSSR count). The van der Waals surface area contributed by atoms with Crippen molar-refractivity contribution in [2.45, 2.75) is 32.5 Å². The number of hydrogen-bond donors (Lipinski definition) is 0. The van der Waals surface area contributed by atoms with Crippen LogP contribution >= 0.6 is 0 Å². The lowest BCUT2D eigenvalue weighted by molar-refractivity contribution is -0.136. The molecule has 0 aliphatic carbocycles. The maximum atomic E-state index is 13.0. The van der Waals surface area contributed by atoms with Crippen molar-refractivity contribution in [2.24, 2.45) is 0 Å². The van der Waals surface area contributed by atoms with E-state index in [1.54, 1.807) is 19.2 Å². The summed E-state index contributed by atoms with van der Waals surface area (Å²) >= 11 is 0. The summed E-state index contributed by atoms with van der Waals surface area (Å²) in [7, 11) is 1.55. The molecule has 0 saturated carbocycles. The van der Waals surface area contributed by atoms with E-state index in [4.69, 9.17) is 4.74 Å². The van der Waals surface area contributed by atoms with E-state index in [9.17, 15) is 13.2 Å². The van der Waals surface area contributed by atoms with Gasteiger partial charge < -0.3 is 4.74 Å². The Kier molecular flexibility index (Phi) is 3.99. The van der Waals surface area contributed by atoms with Crippen molar-refractivity contribution < 1.29 is 17.9 Å². The molecule has 0 atom stereocenters. The topological polar surface area (TPSA) is 22.1 Å². The van der Waals surface area contributed by atoms with Crippen LogP contribution < -0.4 is 0 Å². The van der Waals surface area contributed by atoms with Gasteiger partial charge in [-0.3, -0.25) is 4.98 Å². The standard InChI is InChI=1S/C15H16F3NO/c1-9(2)14-12-6-10(8-20-3)4-5-11(12)13(7-19-14)15(16,17)18/h4-7,9H,8H2,1-3H3. The lowest BCUT2D eigenvalue weighted by Gasteiger charge is -2.15. The summed E-state index contributed by atoms with van der Waals surface area (Å²) in [4.78, 5) is 4.01. The first-order valence-corrected chi connectivity index (χ1v) is 6.32. The zero-order valence-corrected chi connectivity index (χ0v) is 11.6. The number of alkyl halides is 3. The minimum Gasteiger partial charge on any atom is -0.380 e. The molecule has 0 N–H and O–H groups in total. The van der Waals surface area contributed by atoms with Crippen LogP contribution in [0.2, 0.25) is 0 Å². The summed E-state index contributed by atoms with van der Waals surface area (Å²) in [6.07, 6.45) is -3.48. The fourth-order valence-electron chi connectivity index (χ4n) is 2.25. The van der Waals surface area contributed by atoms with Crippen LogP contribution in [0, 0.1) is 0 Å². The van der Waals surface area contributed by atoms with Gasteiger partial charge in [0, 0.05) is 18.7 Å². The fraction of sp³-hybridized carbons (Fsp3) is 0.400. The molecule has 0 radical (unpaired) electrons. The molecule has 2 nitrogen and oxygen atoms in total. The zero-order valence-electron chi connectivity index (χ0n) is 11.6. The highest BCUT2D eigenvalue weighted by Crippen LogP contribution is 2.36. The number of rotatable bonds is 3. The average Bonchev–Trinajstić information content (AvgIpc) is 2.36. The molecule has 0 aliphatic heterocycles. The summed E-state index contributed by atoms with van der Waals surface area (Å²) in [6, 6.07) is 4.89. The Labute approximate surface area is 115 Å². The van der Waals surface area contributed by atoms with Crippen LogP contribution in [0.4, 0.5) is 13.2 Å². The SMILES string of the molecule is COCc1ccc2c(C(F)(F)F)cnc(C(C)C)c2c1. The zero-order chi connectivity index (χ0) is 14.9. The van der Waals surface area contributed by atoms with Gasteiger partial charge in [0.25, 0.3) is 0 Å². The van der Waals surface area contributed by atoms with Crippen molar-refractivity contribution in [1.82, 2.24) is 4.98 Å². The van der Waals surface area contributed by atoms with Crippen LogP contribution in [0.25, 0.3) is 10.8 Å². The second-order valence-electron chi connectivity index (χ2n) is 5.02. The normalized spacial score (nSPS) is 12.3. The van der Waals surface area contributed by atoms with E-state index < -0.39 is 11.7 Å². The van der Waals surface area contributed by atoms with Gasteiger partial charge in [0.05, 0.1) is 17.9 Å². The lowest BCUT2D eigenvalue weighted by Crippen LogP contribution is -2.08. The third-order valence-corrected chi connectivity index (χ3v) is 3.15. The number of halogens is 3. The van der Waals surface area contributed by atoms with E-state index in [2.05, 4.69) is 4.98 Å². The second-order valence-corrected chi connectivity index (χ2v) is 5.02. The first kappa shape index (κ1) is 14.8. The molecule has 0 amide bonds. The molecule has 5 heteroatoms. The van der Waals surface area contributed by atoms with Gasteiger partial charge >= 0.3 is 6.18 Å². The first-order chi connectivity index (χ1) is 9.34. The van der Waals surface area contributed by atoms with Crippen LogP contribution in [0.5, 0.6) is 0 Å². The number of fused-ring (bicyclic) bond motifs is 1. The summed E-state index contributed by atoms with van der Waals surface area (Å²) in [5, 5.41) is 0.737. The van der Waals surface area contributed by atoms with E-state index in [1.165, 1.54) is 6.07 Å². The monoisotopic (exact) mass is 283 g/mol. The molecule has 0 spiro atoms. The van der Waals surface area contributed by atoms with Gasteiger partial charge in [0.15, 0.2) is 0 Å². The maximum absolute atomic E-state index is 13.0. The van der Waals surface area contributed by atoms with E-state index >= 15 is 0 Å². The van der Waals surface area contributed by atoms with Gasteiger partial charge in [-0.05, 0) is 22.9 Å². The average molecular weight is 283 g/mol. The molecular weight excluding hydrogens is 267 g/mol. The van der Waals surface area contributed by atoms with Crippen LogP contribution in [-0.2, 0) is 17.5 Å². The number of pyridine rings is 1. The highest BCUT2D eigenvalue weighted by molar-refractivity contribution is 5.88. The molecule has 0 bridgehead atoms. The fourth-order valence-corrected chi connectivity index (χ4v) is 2.25. The number of hydrogen-bond acceptors (Lipinski definition) is 2. The van der Waals surface area contributed by atoms with E-state index in [0.29, 0.717) is 17.7 Å². The van der Waals surface area contributed by atoms with E-state index in [0.717, 1.165) is 11.8 Å². The first-order valence-electron chi connectivity index (χ1n) is 6.32. The third kappa shape index (κ3) is 2.77. The minimum absolute atomic E-state index is 0.0533. The molecule has 0 fully saturated rings. The number of methoxy groups -OCH3 is 1. The van der Waals surface area contributed by atoms with Gasteiger partial charge in [0.1, 0.15) is 0 Å². The molecule has 0 unspecified atom stereocenters. The Hall–Kier alpha value is -1.62. The van der Waals surface area contributed by atoms with Gasteiger partial charge in [-0.15, -0.1) is 0 Å². The molecular formula is C15H16F3NO. The summed E-state index contributed by atoms with van der Waals surface area (Å²) in [5.74, 6) is 0.0533. The predicted molar refractivity (Wildman–Crippen MR) is 71.5 cm³/mol. The summed E-state index contributed by atoms with van der Waals surface area (Å²) < 4.78 is 44.1. The largest absolute Gasteiger partial charge is 0.418 e. The van der Waals surface area contributed by atoms with E-state index in [-0.39, 0.29) is 11.3 Å². The maximum Gasteiger partial charge on any atom is 0.418 e. The van der Waals surface area contributed by atoms with Crippen molar-refractivity contribution in [3.8, 4) is 0 Å². The van der Waals surface area contributed by atoms with Crippen LogP contribution in [0.1, 0.15) is 36.6 Å². The third-order valence-electron chi connectivity index (χ3n) is 3.15. The summed E-state index contributed by atoms with van der Waals surface area (Å²) in [5.41, 5.74) is 0.815. The molecule has 2 aromatic rings. The Morgan fingerprint density at radius 1 is 1.20 bits per heavy atom. The van der Waals surface area contributed by atoms with Crippen LogP contribution in [0.3, 0.4) is 0 Å². The van der Waals surface area contributed by atoms with Crippen LogP contribution in [-0.4, -0.2) is 12.1 Å². The number of aromatic nitrogens is 1. The Bertz CT molecular complexity index is 620. The smallest absolute Gasteiger partial charge is 0.380 e. The van der Waals surface area contributed by atoms with Gasteiger partial charge in [-0.25, -0.2) is 0 Å². The molecule has 0 aliphatic rings. The van der Waals surface area contributed by atoms with Gasteiger partial charge in [0.2, 0.25) is 0 Å². The van der Waals surface area contributed by atoms with Crippen molar-refractivity contribution >= 4 is 10.8 Å². The van der Waals surface area contributed by atoms with Crippen molar-refractivity contribution in [1.29, 1.82) is 0 Å². The van der Waals surface area contributed by atoms with Crippen molar-refractivity contribution in [2.75, 3.05) is 7.11 Å². The lowest BCUT2D eigenvalue weighted by atomic mass is 9.97. The van der Waals surface area contributed by atoms with Gasteiger partial charge in [-0.2, -0.15) is 13.2 Å². The molecule has 108 valence electrons. The second kappa shape index (κ2) is 5.40. The highest BCUT2D eigenvalue weighted by Gasteiger charge is 2.33. The number of ether oxygens (including phenoxy) is 1. The molecule has 1 heterocycles. The van der Waals surface area contributed by atoms with Crippen LogP contribution in [0.15, 0.2) is 24.4 Å². The predicted octanol–water partition coefficient (Wildman–Crippen LogP) is 4.52. The number of benzene rings is 1. The van der Waals surface area contributed by atoms with Crippen molar-refractivity contribution in [3.05, 3.63) is 41.2 Å². The van der Waals surface area contributed by atoms with Crippen molar-refractivity contribution in [3.63, 3.8) is 0 Å². The molecule has 1 aromatic carbocycles. The quantitative estimate of drug-likeness (QED) is 0.826. The summed E-state index contributed by atoms with van der Waals surface area (Å²) in [6.45, 7) is 4.19. The minimum atomic E-state index is -4.40. The highest BCUT2D eigenvalue weighted by atomic mass is 19.4. The molecule has 20 heavy (non-hydrogen) atoms. The number of nitrogens with zero attached hydrogens (tertiary/aromatic N) is 1. The molecule has 0 saturated heterocycles. The molecule has 1 aromatic heterocycles. The Morgan fingerprint density at radius 3 is 2.45 bits per heavy atom. The van der Waals surface area contributed by atoms with E-state index in [1.807, 2.05) is 13.8 Å².